The maximum absolute atomic E-state index is 13.0. The molecule has 0 radical (unpaired) electrons. The van der Waals surface area contributed by atoms with E-state index in [1.165, 1.54) is 24.7 Å². The zero-order chi connectivity index (χ0) is 20.1. The van der Waals surface area contributed by atoms with Gasteiger partial charge >= 0.3 is 6.18 Å². The topological polar surface area (TPSA) is 104 Å². The maximum atomic E-state index is 13.0. The molecule has 3 heterocycles. The summed E-state index contributed by atoms with van der Waals surface area (Å²) in [6.45, 7) is 0. The van der Waals surface area contributed by atoms with Crippen molar-refractivity contribution >= 4 is 23.3 Å². The minimum atomic E-state index is -4.64. The van der Waals surface area contributed by atoms with Gasteiger partial charge in [0, 0.05) is 12.4 Å². The summed E-state index contributed by atoms with van der Waals surface area (Å²) in [5.74, 6) is -2.36. The predicted molar refractivity (Wildman–Crippen MR) is 87.4 cm³/mol. The van der Waals surface area contributed by atoms with Crippen LogP contribution in [0.25, 0.3) is 0 Å². The van der Waals surface area contributed by atoms with E-state index in [-0.39, 0.29) is 22.7 Å². The highest BCUT2D eigenvalue weighted by Crippen LogP contribution is 2.35. The molecule has 2 amide bonds. The number of imide groups is 1. The smallest absolute Gasteiger partial charge is 0.316 e. The van der Waals surface area contributed by atoms with Gasteiger partial charge in [-0.05, 0) is 18.2 Å². The highest BCUT2D eigenvalue weighted by Gasteiger charge is 2.50. The van der Waals surface area contributed by atoms with Gasteiger partial charge in [0.25, 0.3) is 11.8 Å². The molecule has 0 spiro atoms. The van der Waals surface area contributed by atoms with E-state index in [0.29, 0.717) is 11.0 Å². The molecule has 4 rings (SSSR count). The van der Waals surface area contributed by atoms with Gasteiger partial charge in [0.15, 0.2) is 0 Å². The Balaban J connectivity index is 1.74. The van der Waals surface area contributed by atoms with E-state index in [1.807, 2.05) is 0 Å². The lowest BCUT2D eigenvalue weighted by atomic mass is 10.1. The van der Waals surface area contributed by atoms with Crippen LogP contribution in [0.3, 0.4) is 0 Å². The van der Waals surface area contributed by atoms with Crippen LogP contribution in [0.2, 0.25) is 0 Å². The van der Waals surface area contributed by atoms with Crippen molar-refractivity contribution in [2.45, 2.75) is 12.2 Å². The number of halogens is 3. The number of fused-ring (bicyclic) bond motifs is 1. The van der Waals surface area contributed by atoms with Gasteiger partial charge < -0.3 is 5.43 Å². The molecular weight excluding hydrogens is 379 g/mol. The molecule has 1 atom stereocenters. The summed E-state index contributed by atoms with van der Waals surface area (Å²) in [5.41, 5.74) is 3.33. The Morgan fingerprint density at radius 2 is 1.96 bits per heavy atom. The van der Waals surface area contributed by atoms with Crippen LogP contribution >= 0.6 is 0 Å². The van der Waals surface area contributed by atoms with Crippen molar-refractivity contribution in [3.8, 4) is 0 Å². The Bertz CT molecular complexity index is 1040. The zero-order valence-electron chi connectivity index (χ0n) is 13.8. The number of nitrogens with zero attached hydrogens (tertiary/aromatic N) is 3. The van der Waals surface area contributed by atoms with Gasteiger partial charge in [-0.15, -0.1) is 0 Å². The number of carbonyl (C=O) groups excluding carboxylic acids is 3. The summed E-state index contributed by atoms with van der Waals surface area (Å²) < 4.78 is 38.9. The number of aromatic nitrogens is 2. The quantitative estimate of drug-likeness (QED) is 0.596. The van der Waals surface area contributed by atoms with Crippen LogP contribution in [0, 0.1) is 0 Å². The molecular formula is C17H10F3N5O3. The Morgan fingerprint density at radius 1 is 1.18 bits per heavy atom. The SMILES string of the molecule is O=C(C1=C2C(=O)N(c3cccc(C(F)(F)F)c3)C(=O)[C@H]2NN1)c1cnccn1. The van der Waals surface area contributed by atoms with E-state index < -0.39 is 35.4 Å². The van der Waals surface area contributed by atoms with E-state index in [2.05, 4.69) is 20.8 Å². The van der Waals surface area contributed by atoms with Gasteiger partial charge in [0.1, 0.15) is 17.4 Å². The van der Waals surface area contributed by atoms with E-state index in [0.717, 1.165) is 12.1 Å². The fraction of sp³-hybridized carbons (Fsp3) is 0.118. The molecule has 2 aliphatic rings. The fourth-order valence-electron chi connectivity index (χ4n) is 2.98. The number of Topliss-reactive ketones (excluding diaryl/α,β-unsaturated/α-hetero) is 1. The minimum Gasteiger partial charge on any atom is -0.316 e. The number of alkyl halides is 3. The highest BCUT2D eigenvalue weighted by atomic mass is 19.4. The first-order valence-electron chi connectivity index (χ1n) is 7.91. The predicted octanol–water partition coefficient (Wildman–Crippen LogP) is 0.982. The Labute approximate surface area is 155 Å². The molecule has 2 aromatic rings. The maximum Gasteiger partial charge on any atom is 0.416 e. The summed E-state index contributed by atoms with van der Waals surface area (Å²) >= 11 is 0. The summed E-state index contributed by atoms with van der Waals surface area (Å²) in [5, 5.41) is 0. The van der Waals surface area contributed by atoms with Gasteiger partial charge in [-0.3, -0.25) is 19.4 Å². The van der Waals surface area contributed by atoms with E-state index in [4.69, 9.17) is 0 Å². The molecule has 2 aliphatic heterocycles. The Morgan fingerprint density at radius 3 is 2.64 bits per heavy atom. The standard InChI is InChI=1S/C17H10F3N5O3/c18-17(19,20)8-2-1-3-9(6-8)25-15(27)11-12(23-24-13(11)16(25)28)14(26)10-7-21-4-5-22-10/h1-7,13,23-24H/t13-/m0/s1. The van der Waals surface area contributed by atoms with Crippen molar-refractivity contribution < 1.29 is 27.6 Å². The van der Waals surface area contributed by atoms with Crippen LogP contribution in [-0.4, -0.2) is 33.6 Å². The van der Waals surface area contributed by atoms with Crippen molar-refractivity contribution in [2.24, 2.45) is 0 Å². The van der Waals surface area contributed by atoms with Crippen molar-refractivity contribution in [3.63, 3.8) is 0 Å². The van der Waals surface area contributed by atoms with E-state index >= 15 is 0 Å². The number of benzene rings is 1. The van der Waals surface area contributed by atoms with E-state index in [1.54, 1.807) is 0 Å². The largest absolute Gasteiger partial charge is 0.416 e. The monoisotopic (exact) mass is 389 g/mol. The molecule has 0 unspecified atom stereocenters. The highest BCUT2D eigenvalue weighted by molar-refractivity contribution is 6.33. The molecule has 142 valence electrons. The number of allylic oxidation sites excluding steroid dienone is 1. The first-order chi connectivity index (χ1) is 13.3. The molecule has 1 saturated heterocycles. The van der Waals surface area contributed by atoms with Crippen LogP contribution in [0.5, 0.6) is 0 Å². The number of nitrogens with one attached hydrogen (secondary N) is 2. The minimum absolute atomic E-state index is 0.0577. The van der Waals surface area contributed by atoms with Gasteiger partial charge in [0.2, 0.25) is 5.78 Å². The Kier molecular flexibility index (Phi) is 3.96. The van der Waals surface area contributed by atoms with Gasteiger partial charge in [0.05, 0.1) is 23.0 Å². The number of hydrogen-bond acceptors (Lipinski definition) is 7. The second-order valence-electron chi connectivity index (χ2n) is 5.94. The normalized spacial score (nSPS) is 19.1. The average molecular weight is 389 g/mol. The first-order valence-corrected chi connectivity index (χ1v) is 7.91. The fourth-order valence-corrected chi connectivity index (χ4v) is 2.98. The third kappa shape index (κ3) is 2.72. The molecule has 2 N–H and O–H groups in total. The van der Waals surface area contributed by atoms with Gasteiger partial charge in [-0.25, -0.2) is 15.3 Å². The summed E-state index contributed by atoms with van der Waals surface area (Å²) in [6, 6.07) is 2.65. The van der Waals surface area contributed by atoms with Crippen molar-refractivity contribution in [1.29, 1.82) is 0 Å². The average Bonchev–Trinajstić information content (AvgIpc) is 3.22. The molecule has 28 heavy (non-hydrogen) atoms. The second-order valence-corrected chi connectivity index (χ2v) is 5.94. The molecule has 1 aromatic carbocycles. The van der Waals surface area contributed by atoms with E-state index in [9.17, 15) is 27.6 Å². The summed E-state index contributed by atoms with van der Waals surface area (Å²) in [4.78, 5) is 46.2. The summed E-state index contributed by atoms with van der Waals surface area (Å²) in [7, 11) is 0. The van der Waals surface area contributed by atoms with Crippen LogP contribution in [0.15, 0.2) is 54.1 Å². The zero-order valence-corrected chi connectivity index (χ0v) is 13.8. The number of anilines is 1. The van der Waals surface area contributed by atoms with Crippen LogP contribution < -0.4 is 15.8 Å². The van der Waals surface area contributed by atoms with Crippen molar-refractivity contribution in [2.75, 3.05) is 4.90 Å². The lowest BCUT2D eigenvalue weighted by molar-refractivity contribution is -0.137. The number of rotatable bonds is 3. The second kappa shape index (κ2) is 6.23. The molecule has 8 nitrogen and oxygen atoms in total. The lowest BCUT2D eigenvalue weighted by Gasteiger charge is -2.17. The van der Waals surface area contributed by atoms with Gasteiger partial charge in [-0.1, -0.05) is 6.07 Å². The van der Waals surface area contributed by atoms with Crippen molar-refractivity contribution in [3.05, 3.63) is 65.4 Å². The molecule has 0 aliphatic carbocycles. The number of hydrogen-bond donors (Lipinski definition) is 2. The Hall–Kier alpha value is -3.60. The number of amides is 2. The van der Waals surface area contributed by atoms with Crippen LogP contribution in [0.1, 0.15) is 16.1 Å². The molecule has 0 bridgehead atoms. The van der Waals surface area contributed by atoms with Crippen molar-refractivity contribution in [1.82, 2.24) is 20.8 Å². The van der Waals surface area contributed by atoms with Crippen LogP contribution in [-0.2, 0) is 15.8 Å². The third-order valence-electron chi connectivity index (χ3n) is 4.25. The first kappa shape index (κ1) is 17.8. The molecule has 0 saturated carbocycles. The third-order valence-corrected chi connectivity index (χ3v) is 4.25. The lowest BCUT2D eigenvalue weighted by Crippen LogP contribution is -2.42. The molecule has 1 aromatic heterocycles. The molecule has 11 heteroatoms. The number of carbonyl (C=O) groups is 3. The number of hydrazine groups is 1. The molecule has 1 fully saturated rings. The van der Waals surface area contributed by atoms with Gasteiger partial charge in [-0.2, -0.15) is 13.2 Å². The van der Waals surface area contributed by atoms with Crippen LogP contribution in [0.4, 0.5) is 18.9 Å². The summed E-state index contributed by atoms with van der Waals surface area (Å²) in [6.07, 6.45) is -0.799. The number of ketones is 1.